The molecule has 6 heteroatoms. The molecule has 0 atom stereocenters. The van der Waals surface area contributed by atoms with E-state index in [0.29, 0.717) is 18.7 Å². The Labute approximate surface area is 196 Å². The Balaban J connectivity index is 1.35. The molecular formula is C27H25N3O2S. The monoisotopic (exact) mass is 455 g/mol. The summed E-state index contributed by atoms with van der Waals surface area (Å²) in [5.74, 6) is 0.745. The molecule has 1 amide bonds. The smallest absolute Gasteiger partial charge is 0.251 e. The maximum Gasteiger partial charge on any atom is 0.251 e. The molecule has 0 aliphatic carbocycles. The Morgan fingerprint density at radius 2 is 1.88 bits per heavy atom. The van der Waals surface area contributed by atoms with Crippen molar-refractivity contribution in [1.29, 1.82) is 0 Å². The van der Waals surface area contributed by atoms with Crippen LogP contribution in [0.5, 0.6) is 5.75 Å². The third-order valence-corrected chi connectivity index (χ3v) is 6.72. The van der Waals surface area contributed by atoms with Gasteiger partial charge in [0.15, 0.2) is 4.96 Å². The van der Waals surface area contributed by atoms with Crippen molar-refractivity contribution in [3.8, 4) is 17.0 Å². The normalized spacial score (nSPS) is 11.2. The molecule has 5 rings (SSSR count). The Morgan fingerprint density at radius 1 is 1.06 bits per heavy atom. The molecule has 0 aliphatic rings. The number of imidazole rings is 1. The molecule has 2 heterocycles. The van der Waals surface area contributed by atoms with E-state index in [9.17, 15) is 4.79 Å². The van der Waals surface area contributed by atoms with Crippen LogP contribution in [0.2, 0.25) is 0 Å². The molecule has 0 radical (unpaired) electrons. The Hall–Kier alpha value is -3.64. The molecular weight excluding hydrogens is 430 g/mol. The lowest BCUT2D eigenvalue weighted by Gasteiger charge is -2.07. The zero-order valence-electron chi connectivity index (χ0n) is 18.9. The molecule has 1 N–H and O–H groups in total. The predicted molar refractivity (Wildman–Crippen MR) is 134 cm³/mol. The van der Waals surface area contributed by atoms with Crippen molar-refractivity contribution in [3.63, 3.8) is 0 Å². The van der Waals surface area contributed by atoms with Gasteiger partial charge in [0.2, 0.25) is 0 Å². The van der Waals surface area contributed by atoms with Gasteiger partial charge in [0.05, 0.1) is 22.5 Å². The van der Waals surface area contributed by atoms with Crippen LogP contribution in [0.4, 0.5) is 0 Å². The fourth-order valence-corrected chi connectivity index (χ4v) is 5.07. The minimum Gasteiger partial charge on any atom is -0.494 e. The largest absolute Gasteiger partial charge is 0.494 e. The first-order chi connectivity index (χ1) is 16.0. The van der Waals surface area contributed by atoms with Gasteiger partial charge >= 0.3 is 0 Å². The molecule has 3 aromatic carbocycles. The van der Waals surface area contributed by atoms with E-state index < -0.39 is 0 Å². The molecule has 5 aromatic rings. The standard InChI is InChI=1S/C27H25N3O2S/c1-4-32-21-9-6-19(7-10-21)15-28-26(31)20-8-12-24-25(14-20)33-27-29-23(16-30(24)27)22-11-5-17(2)13-18(22)3/h5-14,16H,4,15H2,1-3H3,(H,28,31). The van der Waals surface area contributed by atoms with Crippen molar-refractivity contribution in [2.75, 3.05) is 6.61 Å². The molecule has 0 spiro atoms. The van der Waals surface area contributed by atoms with E-state index in [0.717, 1.165) is 37.7 Å². The summed E-state index contributed by atoms with van der Waals surface area (Å²) in [4.78, 5) is 18.5. The maximum absolute atomic E-state index is 12.7. The minimum atomic E-state index is -0.0900. The van der Waals surface area contributed by atoms with Gasteiger partial charge < -0.3 is 10.1 Å². The highest BCUT2D eigenvalue weighted by Crippen LogP contribution is 2.31. The number of aryl methyl sites for hydroxylation is 2. The van der Waals surface area contributed by atoms with Crippen molar-refractivity contribution >= 4 is 32.4 Å². The van der Waals surface area contributed by atoms with Crippen LogP contribution in [0.25, 0.3) is 26.4 Å². The second-order valence-corrected chi connectivity index (χ2v) is 9.15. The van der Waals surface area contributed by atoms with Gasteiger partial charge in [0, 0.05) is 23.9 Å². The lowest BCUT2D eigenvalue weighted by molar-refractivity contribution is 0.0951. The minimum absolute atomic E-state index is 0.0900. The van der Waals surface area contributed by atoms with Crippen molar-refractivity contribution in [3.05, 3.63) is 89.1 Å². The number of carbonyl (C=O) groups excluding carboxylic acids is 1. The van der Waals surface area contributed by atoms with Crippen molar-refractivity contribution in [2.45, 2.75) is 27.3 Å². The fourth-order valence-electron chi connectivity index (χ4n) is 4.03. The first-order valence-electron chi connectivity index (χ1n) is 11.0. The van der Waals surface area contributed by atoms with Gasteiger partial charge in [-0.2, -0.15) is 0 Å². The first kappa shape index (κ1) is 21.2. The van der Waals surface area contributed by atoms with Gasteiger partial charge in [0.1, 0.15) is 5.75 Å². The van der Waals surface area contributed by atoms with Gasteiger partial charge in [0.25, 0.3) is 5.91 Å². The number of ether oxygens (including phenoxy) is 1. The van der Waals surface area contributed by atoms with Crippen molar-refractivity contribution < 1.29 is 9.53 Å². The van der Waals surface area contributed by atoms with E-state index in [2.05, 4.69) is 48.0 Å². The summed E-state index contributed by atoms with van der Waals surface area (Å²) in [6, 6.07) is 20.0. The van der Waals surface area contributed by atoms with Crippen molar-refractivity contribution in [2.24, 2.45) is 0 Å². The van der Waals surface area contributed by atoms with Gasteiger partial charge in [-0.25, -0.2) is 4.98 Å². The number of aromatic nitrogens is 2. The number of carbonyl (C=O) groups is 1. The van der Waals surface area contributed by atoms with Crippen LogP contribution in [0.15, 0.2) is 66.9 Å². The molecule has 0 fully saturated rings. The SMILES string of the molecule is CCOc1ccc(CNC(=O)c2ccc3c(c2)sc2nc(-c4ccc(C)cc4C)cn23)cc1. The average Bonchev–Trinajstić information content (AvgIpc) is 3.36. The number of benzene rings is 3. The molecule has 0 bridgehead atoms. The van der Waals surface area contributed by atoms with Crippen LogP contribution >= 0.6 is 11.3 Å². The zero-order valence-corrected chi connectivity index (χ0v) is 19.7. The molecule has 166 valence electrons. The number of nitrogens with zero attached hydrogens (tertiary/aromatic N) is 2. The van der Waals surface area contributed by atoms with Crippen LogP contribution in [0.3, 0.4) is 0 Å². The Bertz CT molecular complexity index is 1460. The average molecular weight is 456 g/mol. The van der Waals surface area contributed by atoms with Crippen molar-refractivity contribution in [1.82, 2.24) is 14.7 Å². The number of amides is 1. The summed E-state index contributed by atoms with van der Waals surface area (Å²) < 4.78 is 8.61. The van der Waals surface area contributed by atoms with Gasteiger partial charge in [-0.05, 0) is 62.2 Å². The molecule has 0 aliphatic heterocycles. The second-order valence-electron chi connectivity index (χ2n) is 8.14. The van der Waals surface area contributed by atoms with E-state index in [1.165, 1.54) is 11.1 Å². The lowest BCUT2D eigenvalue weighted by atomic mass is 10.0. The third-order valence-electron chi connectivity index (χ3n) is 5.70. The van der Waals surface area contributed by atoms with Gasteiger partial charge in [-0.3, -0.25) is 9.20 Å². The summed E-state index contributed by atoms with van der Waals surface area (Å²) in [5, 5.41) is 3.00. The van der Waals surface area contributed by atoms with E-state index in [4.69, 9.17) is 9.72 Å². The van der Waals surface area contributed by atoms with E-state index in [1.807, 2.05) is 49.4 Å². The van der Waals surface area contributed by atoms with Crippen LogP contribution < -0.4 is 10.1 Å². The number of nitrogens with one attached hydrogen (secondary N) is 1. The summed E-state index contributed by atoms with van der Waals surface area (Å²) >= 11 is 1.60. The Kier molecular flexibility index (Phi) is 5.60. The number of hydrogen-bond acceptors (Lipinski definition) is 4. The third kappa shape index (κ3) is 4.22. The fraction of sp³-hybridized carbons (Fsp3) is 0.185. The number of fused-ring (bicyclic) bond motifs is 3. The van der Waals surface area contributed by atoms with Gasteiger partial charge in [-0.1, -0.05) is 47.2 Å². The van der Waals surface area contributed by atoms with Crippen LogP contribution in [-0.4, -0.2) is 21.9 Å². The highest BCUT2D eigenvalue weighted by atomic mass is 32.1. The summed E-state index contributed by atoms with van der Waals surface area (Å²) in [5.41, 5.74) is 7.32. The van der Waals surface area contributed by atoms with Crippen LogP contribution in [0.1, 0.15) is 34.0 Å². The number of hydrogen-bond donors (Lipinski definition) is 1. The van der Waals surface area contributed by atoms with E-state index in [1.54, 1.807) is 11.3 Å². The first-order valence-corrected chi connectivity index (χ1v) is 11.8. The molecule has 0 saturated carbocycles. The number of thiazole rings is 1. The predicted octanol–water partition coefficient (Wildman–Crippen LogP) is 6.16. The quantitative estimate of drug-likeness (QED) is 0.333. The maximum atomic E-state index is 12.7. The van der Waals surface area contributed by atoms with Crippen LogP contribution in [-0.2, 0) is 6.54 Å². The van der Waals surface area contributed by atoms with Gasteiger partial charge in [-0.15, -0.1) is 0 Å². The lowest BCUT2D eigenvalue weighted by Crippen LogP contribution is -2.22. The van der Waals surface area contributed by atoms with E-state index >= 15 is 0 Å². The molecule has 33 heavy (non-hydrogen) atoms. The Morgan fingerprint density at radius 3 is 2.64 bits per heavy atom. The molecule has 0 saturated heterocycles. The summed E-state index contributed by atoms with van der Waals surface area (Å²) in [6.45, 7) is 7.28. The summed E-state index contributed by atoms with van der Waals surface area (Å²) in [7, 11) is 0. The molecule has 5 nitrogen and oxygen atoms in total. The highest BCUT2D eigenvalue weighted by Gasteiger charge is 2.14. The highest BCUT2D eigenvalue weighted by molar-refractivity contribution is 7.23. The second kappa shape index (κ2) is 8.71. The molecule has 2 aromatic heterocycles. The molecule has 0 unspecified atom stereocenters. The zero-order chi connectivity index (χ0) is 22.9. The summed E-state index contributed by atoms with van der Waals surface area (Å²) in [6.07, 6.45) is 2.08. The number of rotatable bonds is 6. The topological polar surface area (TPSA) is 55.6 Å². The van der Waals surface area contributed by atoms with E-state index in [-0.39, 0.29) is 5.91 Å². The van der Waals surface area contributed by atoms with Crippen LogP contribution in [0, 0.1) is 13.8 Å².